The third-order valence-electron chi connectivity index (χ3n) is 2.19. The maximum atomic E-state index is 9.18. The minimum Gasteiger partial charge on any atom is -0.396 e. The molecular formula is C8H17NO2Y. The fourth-order valence-electron chi connectivity index (χ4n) is 1.44. The van der Waals surface area contributed by atoms with Crippen LogP contribution in [0.4, 0.5) is 0 Å². The number of piperidine rings is 1. The molecule has 1 aliphatic rings. The molecule has 0 aliphatic carbocycles. The normalized spacial score (nSPS) is 20.5. The summed E-state index contributed by atoms with van der Waals surface area (Å²) in [6.07, 6.45) is 2.56. The molecule has 69 valence electrons. The first-order chi connectivity index (χ1) is 5.33. The van der Waals surface area contributed by atoms with Gasteiger partial charge in [-0.25, -0.2) is 0 Å². The van der Waals surface area contributed by atoms with E-state index in [2.05, 4.69) is 4.90 Å². The molecule has 0 atom stereocenters. The standard InChI is InChI=1S/C8H17NO2.Y/c10-7-1-4-9-5-2-8(11)3-6-9;/h8,10-11H,1-7H2;. The fraction of sp³-hybridized carbons (Fsp3) is 1.00. The van der Waals surface area contributed by atoms with E-state index in [1.807, 2.05) is 0 Å². The van der Waals surface area contributed by atoms with E-state index in [0.29, 0.717) is 0 Å². The van der Waals surface area contributed by atoms with Crippen LogP contribution in [0.2, 0.25) is 0 Å². The van der Waals surface area contributed by atoms with E-state index in [0.717, 1.165) is 38.9 Å². The van der Waals surface area contributed by atoms with Crippen molar-refractivity contribution in [1.82, 2.24) is 4.90 Å². The van der Waals surface area contributed by atoms with Crippen LogP contribution < -0.4 is 0 Å². The second kappa shape index (κ2) is 7.39. The van der Waals surface area contributed by atoms with Gasteiger partial charge in [-0.2, -0.15) is 0 Å². The minimum absolute atomic E-state index is 0. The second-order valence-corrected chi connectivity index (χ2v) is 3.15. The molecule has 1 heterocycles. The third-order valence-corrected chi connectivity index (χ3v) is 2.19. The van der Waals surface area contributed by atoms with Crippen molar-refractivity contribution < 1.29 is 42.9 Å². The smallest absolute Gasteiger partial charge is 0.0564 e. The van der Waals surface area contributed by atoms with Gasteiger partial charge < -0.3 is 15.1 Å². The maximum absolute atomic E-state index is 9.18. The molecule has 1 radical (unpaired) electrons. The molecule has 2 N–H and O–H groups in total. The summed E-state index contributed by atoms with van der Waals surface area (Å²) >= 11 is 0. The average Bonchev–Trinajstić information content (AvgIpc) is 2.04. The van der Waals surface area contributed by atoms with Gasteiger partial charge in [-0.1, -0.05) is 0 Å². The van der Waals surface area contributed by atoms with Gasteiger partial charge in [-0.05, 0) is 19.3 Å². The Morgan fingerprint density at radius 3 is 2.33 bits per heavy atom. The number of hydrogen-bond donors (Lipinski definition) is 2. The minimum atomic E-state index is -0.0830. The van der Waals surface area contributed by atoms with Crippen LogP contribution in [0.15, 0.2) is 0 Å². The number of rotatable bonds is 3. The zero-order valence-corrected chi connectivity index (χ0v) is 10.3. The van der Waals surface area contributed by atoms with E-state index in [4.69, 9.17) is 5.11 Å². The van der Waals surface area contributed by atoms with Crippen LogP contribution in [0.5, 0.6) is 0 Å². The monoisotopic (exact) mass is 248 g/mol. The summed E-state index contributed by atoms with van der Waals surface area (Å²) in [4.78, 5) is 2.29. The molecule has 0 unspecified atom stereocenters. The van der Waals surface area contributed by atoms with E-state index in [1.54, 1.807) is 0 Å². The first-order valence-electron chi connectivity index (χ1n) is 4.34. The molecule has 12 heavy (non-hydrogen) atoms. The predicted molar refractivity (Wildman–Crippen MR) is 43.4 cm³/mol. The third kappa shape index (κ3) is 4.88. The fourth-order valence-corrected chi connectivity index (χ4v) is 1.44. The summed E-state index contributed by atoms with van der Waals surface area (Å²) < 4.78 is 0. The molecular weight excluding hydrogens is 231 g/mol. The van der Waals surface area contributed by atoms with Gasteiger partial charge in [0.15, 0.2) is 0 Å². The van der Waals surface area contributed by atoms with E-state index in [1.165, 1.54) is 0 Å². The van der Waals surface area contributed by atoms with Crippen molar-refractivity contribution >= 4 is 0 Å². The van der Waals surface area contributed by atoms with Gasteiger partial charge in [0.05, 0.1) is 6.10 Å². The summed E-state index contributed by atoms with van der Waals surface area (Å²) in [5, 5.41) is 17.7. The van der Waals surface area contributed by atoms with E-state index in [-0.39, 0.29) is 45.4 Å². The van der Waals surface area contributed by atoms with Gasteiger partial charge in [0.25, 0.3) is 0 Å². The van der Waals surface area contributed by atoms with Crippen molar-refractivity contribution in [2.75, 3.05) is 26.2 Å². The molecule has 1 fully saturated rings. The summed E-state index contributed by atoms with van der Waals surface area (Å²) in [6, 6.07) is 0. The summed E-state index contributed by atoms with van der Waals surface area (Å²) in [5.74, 6) is 0. The first-order valence-corrected chi connectivity index (χ1v) is 4.34. The number of nitrogens with zero attached hydrogens (tertiary/aromatic N) is 1. The van der Waals surface area contributed by atoms with Gasteiger partial charge in [0, 0.05) is 59.0 Å². The van der Waals surface area contributed by atoms with E-state index in [9.17, 15) is 5.11 Å². The molecule has 0 spiro atoms. The SMILES string of the molecule is OCCCN1CCC(O)CC1.[Y]. The van der Waals surface area contributed by atoms with Gasteiger partial charge in [-0.15, -0.1) is 0 Å². The van der Waals surface area contributed by atoms with Gasteiger partial charge >= 0.3 is 0 Å². The van der Waals surface area contributed by atoms with Crippen LogP contribution in [0.25, 0.3) is 0 Å². The molecule has 0 aromatic rings. The van der Waals surface area contributed by atoms with Crippen LogP contribution in [-0.2, 0) is 32.7 Å². The second-order valence-electron chi connectivity index (χ2n) is 3.15. The number of hydrogen-bond acceptors (Lipinski definition) is 3. The molecule has 1 saturated heterocycles. The summed E-state index contributed by atoms with van der Waals surface area (Å²) in [5.41, 5.74) is 0. The topological polar surface area (TPSA) is 43.7 Å². The van der Waals surface area contributed by atoms with Crippen LogP contribution in [-0.4, -0.2) is 47.5 Å². The summed E-state index contributed by atoms with van der Waals surface area (Å²) in [7, 11) is 0. The van der Waals surface area contributed by atoms with Crippen molar-refractivity contribution in [2.24, 2.45) is 0 Å². The number of aliphatic hydroxyl groups is 2. The Bertz CT molecular complexity index is 102. The molecule has 0 saturated carbocycles. The largest absolute Gasteiger partial charge is 0.396 e. The van der Waals surface area contributed by atoms with Crippen molar-refractivity contribution in [3.8, 4) is 0 Å². The molecule has 1 rings (SSSR count). The molecule has 0 aromatic carbocycles. The van der Waals surface area contributed by atoms with Crippen LogP contribution in [0.3, 0.4) is 0 Å². The number of aliphatic hydroxyl groups excluding tert-OH is 2. The van der Waals surface area contributed by atoms with Gasteiger partial charge in [0.1, 0.15) is 0 Å². The Kier molecular flexibility index (Phi) is 8.00. The quantitative estimate of drug-likeness (QED) is 0.728. The Hall–Kier alpha value is 0.984. The first kappa shape index (κ1) is 13.0. The Morgan fingerprint density at radius 2 is 1.83 bits per heavy atom. The van der Waals surface area contributed by atoms with Crippen molar-refractivity contribution in [2.45, 2.75) is 25.4 Å². The van der Waals surface area contributed by atoms with Crippen LogP contribution in [0.1, 0.15) is 19.3 Å². The van der Waals surface area contributed by atoms with Gasteiger partial charge in [-0.3, -0.25) is 0 Å². The zero-order chi connectivity index (χ0) is 8.10. The van der Waals surface area contributed by atoms with E-state index >= 15 is 0 Å². The maximum Gasteiger partial charge on any atom is 0.0564 e. The molecule has 0 amide bonds. The van der Waals surface area contributed by atoms with E-state index < -0.39 is 0 Å². The average molecular weight is 248 g/mol. The summed E-state index contributed by atoms with van der Waals surface area (Å²) in [6.45, 7) is 3.23. The molecule has 0 aromatic heterocycles. The van der Waals surface area contributed by atoms with Gasteiger partial charge in [0.2, 0.25) is 0 Å². The Morgan fingerprint density at radius 1 is 1.25 bits per heavy atom. The van der Waals surface area contributed by atoms with Crippen molar-refractivity contribution in [3.05, 3.63) is 0 Å². The zero-order valence-electron chi connectivity index (χ0n) is 7.45. The Balaban J connectivity index is 0.00000121. The van der Waals surface area contributed by atoms with Crippen molar-refractivity contribution in [3.63, 3.8) is 0 Å². The van der Waals surface area contributed by atoms with Crippen LogP contribution >= 0.6 is 0 Å². The number of likely N-dealkylation sites (tertiary alicyclic amines) is 1. The molecule has 1 aliphatic heterocycles. The molecule has 4 heteroatoms. The predicted octanol–water partition coefficient (Wildman–Crippen LogP) is -0.177. The molecule has 0 bridgehead atoms. The van der Waals surface area contributed by atoms with Crippen molar-refractivity contribution in [1.29, 1.82) is 0 Å². The molecule has 3 nitrogen and oxygen atoms in total. The van der Waals surface area contributed by atoms with Crippen LogP contribution in [0, 0.1) is 0 Å². The Labute approximate surface area is 99.0 Å².